The second kappa shape index (κ2) is 9.84. The fraction of sp³-hybridized carbons (Fsp3) is 0.208. The van der Waals surface area contributed by atoms with E-state index in [2.05, 4.69) is 5.32 Å². The van der Waals surface area contributed by atoms with Crippen LogP contribution in [0.2, 0.25) is 0 Å². The van der Waals surface area contributed by atoms with Gasteiger partial charge >= 0.3 is 0 Å². The van der Waals surface area contributed by atoms with E-state index in [1.54, 1.807) is 37.5 Å². The Kier molecular flexibility index (Phi) is 6.72. The van der Waals surface area contributed by atoms with E-state index < -0.39 is 0 Å². The molecule has 1 aliphatic heterocycles. The van der Waals surface area contributed by atoms with E-state index in [0.29, 0.717) is 23.7 Å². The van der Waals surface area contributed by atoms with Crippen molar-refractivity contribution in [3.63, 3.8) is 0 Å². The van der Waals surface area contributed by atoms with E-state index in [1.165, 1.54) is 4.90 Å². The van der Waals surface area contributed by atoms with Crippen LogP contribution in [0.15, 0.2) is 65.7 Å². The molecule has 1 aliphatic rings. The third kappa shape index (κ3) is 4.61. The minimum atomic E-state index is -0.348. The van der Waals surface area contributed by atoms with Crippen molar-refractivity contribution < 1.29 is 19.1 Å². The van der Waals surface area contributed by atoms with Gasteiger partial charge in [-0.2, -0.15) is 0 Å². The topological polar surface area (TPSA) is 80.6 Å². The highest BCUT2D eigenvalue weighted by atomic mass is 32.2. The number of aromatic nitrogens is 1. The van der Waals surface area contributed by atoms with Crippen molar-refractivity contribution in [1.82, 2.24) is 9.88 Å². The molecule has 0 bridgehead atoms. The second-order valence-electron chi connectivity index (χ2n) is 7.28. The first kappa shape index (κ1) is 21.9. The van der Waals surface area contributed by atoms with Crippen molar-refractivity contribution in [2.45, 2.75) is 13.0 Å². The molecule has 0 atom stereocenters. The van der Waals surface area contributed by atoms with Crippen molar-refractivity contribution in [2.24, 2.45) is 0 Å². The number of amides is 3. The molecule has 7 nitrogen and oxygen atoms in total. The van der Waals surface area contributed by atoms with Gasteiger partial charge in [0, 0.05) is 42.9 Å². The van der Waals surface area contributed by atoms with Crippen molar-refractivity contribution in [1.29, 1.82) is 0 Å². The van der Waals surface area contributed by atoms with Crippen LogP contribution in [0.3, 0.4) is 0 Å². The molecule has 2 heterocycles. The Bertz CT molecular complexity index is 1190. The molecule has 0 aliphatic carbocycles. The fourth-order valence-corrected chi connectivity index (χ4v) is 4.42. The van der Waals surface area contributed by atoms with Gasteiger partial charge in [0.25, 0.3) is 11.1 Å². The van der Waals surface area contributed by atoms with E-state index in [9.17, 15) is 14.4 Å². The fourth-order valence-electron chi connectivity index (χ4n) is 3.58. The summed E-state index contributed by atoms with van der Waals surface area (Å²) in [5.41, 5.74) is 2.21. The number of thioether (sulfide) groups is 1. The van der Waals surface area contributed by atoms with E-state index in [-0.39, 0.29) is 23.6 Å². The molecular weight excluding hydrogens is 426 g/mol. The SMILES string of the molecule is COCCCNC(=O)Cn1cc(/C=C2\SC(=O)N(c3ccccc3)C2=O)c2ccccc21. The maximum atomic E-state index is 12.9. The molecular formula is C24H23N3O4S. The van der Waals surface area contributed by atoms with Crippen LogP contribution in [-0.4, -0.2) is 41.9 Å². The minimum Gasteiger partial charge on any atom is -0.385 e. The normalized spacial score (nSPS) is 15.2. The zero-order valence-corrected chi connectivity index (χ0v) is 18.4. The Balaban J connectivity index is 1.59. The van der Waals surface area contributed by atoms with Gasteiger partial charge in [0.05, 0.1) is 10.6 Å². The van der Waals surface area contributed by atoms with Gasteiger partial charge < -0.3 is 14.6 Å². The number of imide groups is 1. The summed E-state index contributed by atoms with van der Waals surface area (Å²) in [6.45, 7) is 1.30. The van der Waals surface area contributed by atoms with Crippen LogP contribution in [0.4, 0.5) is 10.5 Å². The first-order valence-electron chi connectivity index (χ1n) is 10.2. The van der Waals surface area contributed by atoms with Crippen LogP contribution in [-0.2, 0) is 20.9 Å². The molecule has 2 aromatic carbocycles. The Morgan fingerprint density at radius 2 is 1.84 bits per heavy atom. The lowest BCUT2D eigenvalue weighted by molar-refractivity contribution is -0.121. The Morgan fingerprint density at radius 1 is 1.09 bits per heavy atom. The van der Waals surface area contributed by atoms with Crippen molar-refractivity contribution in [2.75, 3.05) is 25.2 Å². The maximum absolute atomic E-state index is 12.9. The van der Waals surface area contributed by atoms with Crippen LogP contribution < -0.4 is 10.2 Å². The largest absolute Gasteiger partial charge is 0.385 e. The summed E-state index contributed by atoms with van der Waals surface area (Å²) >= 11 is 0.917. The average Bonchev–Trinajstić information content (AvgIpc) is 3.28. The lowest BCUT2D eigenvalue weighted by Crippen LogP contribution is -2.28. The van der Waals surface area contributed by atoms with Crippen LogP contribution in [0, 0.1) is 0 Å². The zero-order valence-electron chi connectivity index (χ0n) is 17.6. The van der Waals surface area contributed by atoms with Crippen molar-refractivity contribution in [3.8, 4) is 0 Å². The minimum absolute atomic E-state index is 0.0993. The monoisotopic (exact) mass is 449 g/mol. The van der Waals surface area contributed by atoms with E-state index >= 15 is 0 Å². The molecule has 1 N–H and O–H groups in total. The summed E-state index contributed by atoms with van der Waals surface area (Å²) in [6, 6.07) is 16.6. The Morgan fingerprint density at radius 3 is 2.62 bits per heavy atom. The number of benzene rings is 2. The highest BCUT2D eigenvalue weighted by Crippen LogP contribution is 2.36. The summed E-state index contributed by atoms with van der Waals surface area (Å²) in [5.74, 6) is -0.447. The summed E-state index contributed by atoms with van der Waals surface area (Å²) in [6.07, 6.45) is 4.32. The highest BCUT2D eigenvalue weighted by Gasteiger charge is 2.36. The van der Waals surface area contributed by atoms with Gasteiger partial charge in [-0.25, -0.2) is 4.90 Å². The van der Waals surface area contributed by atoms with Gasteiger partial charge in [-0.1, -0.05) is 36.4 Å². The van der Waals surface area contributed by atoms with E-state index in [1.807, 2.05) is 41.1 Å². The molecule has 0 saturated carbocycles. The Labute approximate surface area is 190 Å². The number of hydrogen-bond acceptors (Lipinski definition) is 5. The van der Waals surface area contributed by atoms with Gasteiger partial charge in [0.1, 0.15) is 6.54 Å². The molecule has 4 rings (SSSR count). The third-order valence-corrected chi connectivity index (χ3v) is 5.95. The summed E-state index contributed by atoms with van der Waals surface area (Å²) in [7, 11) is 1.63. The molecule has 0 unspecified atom stereocenters. The lowest BCUT2D eigenvalue weighted by Gasteiger charge is -2.11. The van der Waals surface area contributed by atoms with Gasteiger partial charge in [0.15, 0.2) is 0 Å². The number of anilines is 1. The van der Waals surface area contributed by atoms with E-state index in [0.717, 1.165) is 34.6 Å². The predicted molar refractivity (Wildman–Crippen MR) is 126 cm³/mol. The number of rotatable bonds is 8. The van der Waals surface area contributed by atoms with Gasteiger partial charge in [-0.05, 0) is 42.5 Å². The first-order chi connectivity index (χ1) is 15.6. The number of hydrogen-bond donors (Lipinski definition) is 1. The number of methoxy groups -OCH3 is 1. The lowest BCUT2D eigenvalue weighted by atomic mass is 10.1. The molecule has 0 spiro atoms. The molecule has 1 aromatic heterocycles. The summed E-state index contributed by atoms with van der Waals surface area (Å²) in [4.78, 5) is 39.4. The number of para-hydroxylation sites is 2. The smallest absolute Gasteiger partial charge is 0.298 e. The van der Waals surface area contributed by atoms with Crippen LogP contribution in [0.5, 0.6) is 0 Å². The second-order valence-corrected chi connectivity index (χ2v) is 8.27. The quantitative estimate of drug-likeness (QED) is 0.415. The highest BCUT2D eigenvalue weighted by molar-refractivity contribution is 8.19. The van der Waals surface area contributed by atoms with Gasteiger partial charge in [-0.15, -0.1) is 0 Å². The summed E-state index contributed by atoms with van der Waals surface area (Å²) in [5, 5.41) is 3.47. The number of nitrogens with one attached hydrogen (secondary N) is 1. The molecule has 0 radical (unpaired) electrons. The molecule has 3 aromatic rings. The molecule has 164 valence electrons. The van der Waals surface area contributed by atoms with E-state index in [4.69, 9.17) is 4.74 Å². The number of carbonyl (C=O) groups excluding carboxylic acids is 3. The average molecular weight is 450 g/mol. The van der Waals surface area contributed by atoms with Gasteiger partial charge in [-0.3, -0.25) is 14.4 Å². The molecule has 32 heavy (non-hydrogen) atoms. The first-order valence-corrected chi connectivity index (χ1v) is 11.1. The maximum Gasteiger partial charge on any atom is 0.298 e. The van der Waals surface area contributed by atoms with Gasteiger partial charge in [0.2, 0.25) is 5.91 Å². The molecule has 3 amide bonds. The van der Waals surface area contributed by atoms with Crippen molar-refractivity contribution in [3.05, 3.63) is 71.3 Å². The zero-order chi connectivity index (χ0) is 22.5. The van der Waals surface area contributed by atoms with Crippen molar-refractivity contribution >= 4 is 51.5 Å². The number of carbonyl (C=O) groups is 3. The molecule has 8 heteroatoms. The standard InChI is InChI=1S/C24H23N3O4S/c1-31-13-7-12-25-22(28)16-26-15-17(19-10-5-6-11-20(19)26)14-21-23(29)27(24(30)32-21)18-8-3-2-4-9-18/h2-6,8-11,14-15H,7,12-13,16H2,1H3,(H,25,28)/b21-14-. The van der Waals surface area contributed by atoms with Crippen LogP contribution in [0.25, 0.3) is 17.0 Å². The van der Waals surface area contributed by atoms with Crippen LogP contribution in [0.1, 0.15) is 12.0 Å². The third-order valence-electron chi connectivity index (χ3n) is 5.08. The van der Waals surface area contributed by atoms with Crippen LogP contribution >= 0.6 is 11.8 Å². The molecule has 1 fully saturated rings. The Hall–Kier alpha value is -3.36. The number of ether oxygens (including phenoxy) is 1. The predicted octanol–water partition coefficient (Wildman–Crippen LogP) is 4.03. The summed E-state index contributed by atoms with van der Waals surface area (Å²) < 4.78 is 6.85. The number of nitrogens with zero attached hydrogens (tertiary/aromatic N) is 2. The molecule has 1 saturated heterocycles. The number of fused-ring (bicyclic) bond motifs is 1.